The summed E-state index contributed by atoms with van der Waals surface area (Å²) < 4.78 is 29.5. The first-order valence-corrected chi connectivity index (χ1v) is 11.5. The van der Waals surface area contributed by atoms with Gasteiger partial charge in [0, 0.05) is 13.6 Å². The van der Waals surface area contributed by atoms with Crippen molar-refractivity contribution in [3.63, 3.8) is 0 Å². The molecule has 38 heavy (non-hydrogen) atoms. The number of amides is 3. The van der Waals surface area contributed by atoms with Crippen LogP contribution in [0.15, 0.2) is 72.9 Å². The van der Waals surface area contributed by atoms with Crippen molar-refractivity contribution in [3.8, 4) is 16.8 Å². The van der Waals surface area contributed by atoms with Gasteiger partial charge in [0.2, 0.25) is 0 Å². The van der Waals surface area contributed by atoms with Crippen molar-refractivity contribution in [2.45, 2.75) is 6.54 Å². The molecular formula is C27H24F2N6O3. The third-order valence-electron chi connectivity index (χ3n) is 5.77. The van der Waals surface area contributed by atoms with Gasteiger partial charge in [0.05, 0.1) is 29.7 Å². The van der Waals surface area contributed by atoms with Crippen LogP contribution in [0.1, 0.15) is 26.4 Å². The number of urea groups is 1. The molecule has 5 N–H and O–H groups in total. The number of ketones is 1. The number of Topliss-reactive ketones (excluding diaryl/α,β-unsaturated/α-hetero) is 1. The highest BCUT2D eigenvalue weighted by atomic mass is 19.1. The number of aromatic nitrogens is 2. The van der Waals surface area contributed by atoms with E-state index in [1.54, 1.807) is 49.5 Å². The van der Waals surface area contributed by atoms with E-state index in [1.807, 2.05) is 0 Å². The Hall–Kier alpha value is -4.90. The summed E-state index contributed by atoms with van der Waals surface area (Å²) in [5.41, 5.74) is 13.1. The average molecular weight is 519 g/mol. The lowest BCUT2D eigenvalue weighted by molar-refractivity contribution is 0.0780. The summed E-state index contributed by atoms with van der Waals surface area (Å²) in [6.07, 6.45) is 1.44. The van der Waals surface area contributed by atoms with E-state index in [0.29, 0.717) is 22.4 Å². The third kappa shape index (κ3) is 5.73. The number of hydrogen-bond acceptors (Lipinski definition) is 5. The number of primary amides is 1. The maximum absolute atomic E-state index is 14.9. The van der Waals surface area contributed by atoms with Crippen LogP contribution in [0.2, 0.25) is 0 Å². The third-order valence-corrected chi connectivity index (χ3v) is 5.77. The molecule has 0 aliphatic carbocycles. The van der Waals surface area contributed by atoms with E-state index in [9.17, 15) is 23.2 Å². The predicted molar refractivity (Wildman–Crippen MR) is 138 cm³/mol. The summed E-state index contributed by atoms with van der Waals surface area (Å²) in [5, 5.41) is 6.55. The SMILES string of the molecule is CN(Cc1ccc(F)cc1)C(=O)c1ccc(-c2ccc(-n3cc(NC(N)=O)c(C(=O)CN)n3)cc2)cc1F. The Balaban J connectivity index is 1.52. The fraction of sp³-hybridized carbons (Fsp3) is 0.111. The van der Waals surface area contributed by atoms with Crippen LogP contribution >= 0.6 is 0 Å². The van der Waals surface area contributed by atoms with Crippen molar-refractivity contribution in [1.82, 2.24) is 14.7 Å². The van der Waals surface area contributed by atoms with Gasteiger partial charge < -0.3 is 21.7 Å². The molecule has 0 aliphatic rings. The van der Waals surface area contributed by atoms with Crippen molar-refractivity contribution in [2.75, 3.05) is 18.9 Å². The van der Waals surface area contributed by atoms with Crippen LogP contribution in [-0.2, 0) is 6.54 Å². The smallest absolute Gasteiger partial charge is 0.316 e. The van der Waals surface area contributed by atoms with E-state index in [0.717, 1.165) is 0 Å². The second-order valence-corrected chi connectivity index (χ2v) is 8.48. The van der Waals surface area contributed by atoms with Crippen LogP contribution < -0.4 is 16.8 Å². The van der Waals surface area contributed by atoms with E-state index < -0.39 is 23.5 Å². The molecule has 0 radical (unpaired) electrons. The van der Waals surface area contributed by atoms with Crippen molar-refractivity contribution in [2.24, 2.45) is 11.5 Å². The molecule has 0 bridgehead atoms. The largest absolute Gasteiger partial charge is 0.351 e. The lowest BCUT2D eigenvalue weighted by atomic mass is 10.0. The maximum Gasteiger partial charge on any atom is 0.316 e. The summed E-state index contributed by atoms with van der Waals surface area (Å²) in [4.78, 5) is 37.5. The van der Waals surface area contributed by atoms with Crippen LogP contribution in [0.3, 0.4) is 0 Å². The summed E-state index contributed by atoms with van der Waals surface area (Å²) in [6, 6.07) is 16.0. The van der Waals surface area contributed by atoms with E-state index >= 15 is 0 Å². The van der Waals surface area contributed by atoms with Gasteiger partial charge in [-0.05, 0) is 53.1 Å². The second-order valence-electron chi connectivity index (χ2n) is 8.48. The molecule has 4 aromatic rings. The van der Waals surface area contributed by atoms with Crippen LogP contribution in [-0.4, -0.2) is 46.0 Å². The van der Waals surface area contributed by atoms with Gasteiger partial charge in [0.1, 0.15) is 11.6 Å². The Bertz CT molecular complexity index is 1500. The molecule has 0 unspecified atom stereocenters. The first-order valence-electron chi connectivity index (χ1n) is 11.5. The van der Waals surface area contributed by atoms with Gasteiger partial charge in [0.15, 0.2) is 11.5 Å². The Labute approximate surface area is 216 Å². The molecule has 3 aromatic carbocycles. The minimum absolute atomic E-state index is 0.0258. The van der Waals surface area contributed by atoms with Gasteiger partial charge in [0.25, 0.3) is 5.91 Å². The second kappa shape index (κ2) is 11.0. The van der Waals surface area contributed by atoms with Crippen molar-refractivity contribution < 1.29 is 23.2 Å². The van der Waals surface area contributed by atoms with E-state index in [-0.39, 0.29) is 35.9 Å². The highest BCUT2D eigenvalue weighted by Crippen LogP contribution is 2.25. The number of hydrogen-bond donors (Lipinski definition) is 3. The van der Waals surface area contributed by atoms with Gasteiger partial charge in [-0.2, -0.15) is 5.10 Å². The number of nitrogens with two attached hydrogens (primary N) is 2. The molecule has 11 heteroatoms. The Morgan fingerprint density at radius 1 is 0.974 bits per heavy atom. The fourth-order valence-corrected chi connectivity index (χ4v) is 3.85. The van der Waals surface area contributed by atoms with Crippen molar-refractivity contribution >= 4 is 23.4 Å². The Morgan fingerprint density at radius 2 is 1.63 bits per heavy atom. The molecule has 3 amide bonds. The Kier molecular flexibility index (Phi) is 7.58. The number of nitrogens with one attached hydrogen (secondary N) is 1. The summed E-state index contributed by atoms with van der Waals surface area (Å²) in [5.74, 6) is -2.03. The topological polar surface area (TPSA) is 136 Å². The summed E-state index contributed by atoms with van der Waals surface area (Å²) >= 11 is 0. The van der Waals surface area contributed by atoms with Gasteiger partial charge >= 0.3 is 6.03 Å². The number of carbonyl (C=O) groups excluding carboxylic acids is 3. The standard InChI is InChI=1S/C27H24F2N6O3/c1-34(14-16-2-7-19(28)8-3-16)26(37)21-11-6-18(12-22(21)29)17-4-9-20(10-5-17)35-15-23(32-27(31)38)25(33-35)24(36)13-30/h2-12,15H,13-14,30H2,1H3,(H3,31,32,38). The fourth-order valence-electron chi connectivity index (χ4n) is 3.85. The zero-order valence-electron chi connectivity index (χ0n) is 20.3. The summed E-state index contributed by atoms with van der Waals surface area (Å²) in [6.45, 7) is -0.0973. The highest BCUT2D eigenvalue weighted by molar-refractivity contribution is 6.03. The van der Waals surface area contributed by atoms with Crippen LogP contribution in [0.4, 0.5) is 19.3 Å². The molecule has 1 heterocycles. The van der Waals surface area contributed by atoms with Crippen molar-refractivity contribution in [1.29, 1.82) is 0 Å². The number of anilines is 1. The number of halogens is 2. The average Bonchev–Trinajstić information content (AvgIpc) is 3.32. The molecule has 0 saturated carbocycles. The molecule has 9 nitrogen and oxygen atoms in total. The first-order chi connectivity index (χ1) is 18.2. The van der Waals surface area contributed by atoms with E-state index in [2.05, 4.69) is 10.4 Å². The van der Waals surface area contributed by atoms with Gasteiger partial charge in [-0.1, -0.05) is 30.3 Å². The van der Waals surface area contributed by atoms with Crippen molar-refractivity contribution in [3.05, 3.63) is 101 Å². The lowest BCUT2D eigenvalue weighted by Crippen LogP contribution is -2.27. The zero-order chi connectivity index (χ0) is 27.4. The maximum atomic E-state index is 14.9. The number of benzene rings is 3. The first kappa shape index (κ1) is 26.2. The van der Waals surface area contributed by atoms with Crippen LogP contribution in [0.25, 0.3) is 16.8 Å². The van der Waals surface area contributed by atoms with Gasteiger partial charge in [-0.25, -0.2) is 18.3 Å². The van der Waals surface area contributed by atoms with Gasteiger partial charge in [-0.3, -0.25) is 9.59 Å². The number of rotatable bonds is 8. The molecule has 4 rings (SSSR count). The number of carbonyl (C=O) groups is 3. The zero-order valence-corrected chi connectivity index (χ0v) is 20.3. The van der Waals surface area contributed by atoms with Crippen LogP contribution in [0, 0.1) is 11.6 Å². The molecule has 0 saturated heterocycles. The molecule has 0 fully saturated rings. The molecule has 194 valence electrons. The van der Waals surface area contributed by atoms with E-state index in [4.69, 9.17) is 11.5 Å². The Morgan fingerprint density at radius 3 is 2.24 bits per heavy atom. The lowest BCUT2D eigenvalue weighted by Gasteiger charge is -2.18. The number of nitrogens with zero attached hydrogens (tertiary/aromatic N) is 3. The monoisotopic (exact) mass is 518 g/mol. The van der Waals surface area contributed by atoms with Gasteiger partial charge in [-0.15, -0.1) is 0 Å². The highest BCUT2D eigenvalue weighted by Gasteiger charge is 2.19. The molecular weight excluding hydrogens is 494 g/mol. The minimum atomic E-state index is -0.850. The molecule has 0 atom stereocenters. The summed E-state index contributed by atoms with van der Waals surface area (Å²) in [7, 11) is 1.55. The van der Waals surface area contributed by atoms with Crippen LogP contribution in [0.5, 0.6) is 0 Å². The molecule has 0 aliphatic heterocycles. The molecule has 0 spiro atoms. The normalized spacial score (nSPS) is 10.7. The predicted octanol–water partition coefficient (Wildman–Crippen LogP) is 3.72. The molecule has 1 aromatic heterocycles. The van der Waals surface area contributed by atoms with E-state index in [1.165, 1.54) is 40.0 Å². The minimum Gasteiger partial charge on any atom is -0.351 e. The quantitative estimate of drug-likeness (QED) is 0.306.